The zero-order valence-electron chi connectivity index (χ0n) is 15.1. The second kappa shape index (κ2) is 6.83. The number of rotatable bonds is 6. The second-order valence-corrected chi connectivity index (χ2v) is 8.22. The van der Waals surface area contributed by atoms with Crippen LogP contribution in [-0.2, 0) is 0 Å². The first kappa shape index (κ1) is 18.0. The number of benzene rings is 1. The minimum Gasteiger partial charge on any atom is -0.491 e. The van der Waals surface area contributed by atoms with Crippen LogP contribution in [0.4, 0.5) is 0 Å². The van der Waals surface area contributed by atoms with Gasteiger partial charge < -0.3 is 10.1 Å². The maximum Gasteiger partial charge on any atom is 0.119 e. The summed E-state index contributed by atoms with van der Waals surface area (Å²) in [6.45, 7) is 17.8. The third kappa shape index (κ3) is 6.99. The highest BCUT2D eigenvalue weighted by atomic mass is 16.5. The molecule has 1 aromatic carbocycles. The van der Waals surface area contributed by atoms with Gasteiger partial charge in [-0.25, -0.2) is 0 Å². The van der Waals surface area contributed by atoms with E-state index in [4.69, 9.17) is 4.74 Å². The molecule has 0 bridgehead atoms. The third-order valence-corrected chi connectivity index (χ3v) is 3.33. The number of ether oxygens (including phenoxy) is 1. The minimum atomic E-state index is 0.116. The van der Waals surface area contributed by atoms with Gasteiger partial charge in [0.25, 0.3) is 0 Å². The Morgan fingerprint density at radius 2 is 1.48 bits per heavy atom. The standard InChI is InChI=1S/C19H33NO/c1-14(2)21-17-11-9-16(10-12-17)15(3)20-19(7,8)13-18(4,5)6/h9-12,14-15,20H,13H2,1-8H3. The largest absolute Gasteiger partial charge is 0.491 e. The van der Waals surface area contributed by atoms with Crippen LogP contribution in [-0.4, -0.2) is 11.6 Å². The Balaban J connectivity index is 2.68. The molecule has 2 heteroatoms. The van der Waals surface area contributed by atoms with Crippen molar-refractivity contribution in [2.24, 2.45) is 5.41 Å². The van der Waals surface area contributed by atoms with Crippen LogP contribution in [0.2, 0.25) is 0 Å². The van der Waals surface area contributed by atoms with E-state index in [1.807, 2.05) is 13.8 Å². The van der Waals surface area contributed by atoms with E-state index in [9.17, 15) is 0 Å². The van der Waals surface area contributed by atoms with Gasteiger partial charge in [-0.2, -0.15) is 0 Å². The third-order valence-electron chi connectivity index (χ3n) is 3.33. The quantitative estimate of drug-likeness (QED) is 0.764. The van der Waals surface area contributed by atoms with Gasteiger partial charge in [-0.05, 0) is 64.2 Å². The van der Waals surface area contributed by atoms with Crippen molar-refractivity contribution in [2.45, 2.75) is 79.5 Å². The summed E-state index contributed by atoms with van der Waals surface area (Å²) >= 11 is 0. The van der Waals surface area contributed by atoms with Crippen molar-refractivity contribution >= 4 is 0 Å². The Hall–Kier alpha value is -1.02. The molecule has 120 valence electrons. The molecule has 0 spiro atoms. The highest BCUT2D eigenvalue weighted by Gasteiger charge is 2.26. The molecule has 0 aliphatic carbocycles. The Morgan fingerprint density at radius 1 is 0.952 bits per heavy atom. The van der Waals surface area contributed by atoms with Crippen molar-refractivity contribution in [3.63, 3.8) is 0 Å². The highest BCUT2D eigenvalue weighted by molar-refractivity contribution is 5.29. The van der Waals surface area contributed by atoms with Gasteiger partial charge in [-0.1, -0.05) is 32.9 Å². The normalized spacial score (nSPS) is 14.3. The summed E-state index contributed by atoms with van der Waals surface area (Å²) in [6, 6.07) is 8.76. The topological polar surface area (TPSA) is 21.3 Å². The molecule has 0 aliphatic rings. The van der Waals surface area contributed by atoms with E-state index in [2.05, 4.69) is 71.1 Å². The van der Waals surface area contributed by atoms with E-state index in [0.29, 0.717) is 11.5 Å². The molecule has 0 amide bonds. The molecule has 0 heterocycles. The van der Waals surface area contributed by atoms with E-state index < -0.39 is 0 Å². The number of hydrogen-bond donors (Lipinski definition) is 1. The molecular weight excluding hydrogens is 258 g/mol. The minimum absolute atomic E-state index is 0.116. The fourth-order valence-corrected chi connectivity index (χ4v) is 3.15. The van der Waals surface area contributed by atoms with Crippen LogP contribution in [0.5, 0.6) is 5.75 Å². The Labute approximate surface area is 131 Å². The molecule has 1 aromatic rings. The second-order valence-electron chi connectivity index (χ2n) is 8.22. The van der Waals surface area contributed by atoms with Crippen LogP contribution in [0.3, 0.4) is 0 Å². The first-order valence-corrected chi connectivity index (χ1v) is 8.03. The summed E-state index contributed by atoms with van der Waals surface area (Å²) < 4.78 is 5.70. The number of hydrogen-bond acceptors (Lipinski definition) is 2. The summed E-state index contributed by atoms with van der Waals surface area (Å²) in [4.78, 5) is 0. The average molecular weight is 291 g/mol. The monoisotopic (exact) mass is 291 g/mol. The maximum atomic E-state index is 5.70. The van der Waals surface area contributed by atoms with Crippen LogP contribution >= 0.6 is 0 Å². The fourth-order valence-electron chi connectivity index (χ4n) is 3.15. The fraction of sp³-hybridized carbons (Fsp3) is 0.684. The molecule has 2 nitrogen and oxygen atoms in total. The van der Waals surface area contributed by atoms with Crippen LogP contribution in [0.1, 0.15) is 73.4 Å². The molecule has 0 aliphatic heterocycles. The van der Waals surface area contributed by atoms with E-state index >= 15 is 0 Å². The smallest absolute Gasteiger partial charge is 0.119 e. The van der Waals surface area contributed by atoms with Crippen molar-refractivity contribution in [1.29, 1.82) is 0 Å². The van der Waals surface area contributed by atoms with Gasteiger partial charge in [0.05, 0.1) is 6.10 Å². The summed E-state index contributed by atoms with van der Waals surface area (Å²) in [5.41, 5.74) is 1.74. The molecule has 1 N–H and O–H groups in total. The predicted molar refractivity (Wildman–Crippen MR) is 91.9 cm³/mol. The average Bonchev–Trinajstić information content (AvgIpc) is 2.24. The van der Waals surface area contributed by atoms with Crippen molar-refractivity contribution in [3.8, 4) is 5.75 Å². The molecular formula is C19H33NO. The predicted octanol–water partition coefficient (Wildman–Crippen LogP) is 5.34. The van der Waals surface area contributed by atoms with Gasteiger partial charge in [0.1, 0.15) is 5.75 Å². The van der Waals surface area contributed by atoms with Crippen LogP contribution in [0, 0.1) is 5.41 Å². The van der Waals surface area contributed by atoms with E-state index in [-0.39, 0.29) is 11.6 Å². The highest BCUT2D eigenvalue weighted by Crippen LogP contribution is 2.29. The molecule has 0 fully saturated rings. The van der Waals surface area contributed by atoms with Gasteiger partial charge in [0.15, 0.2) is 0 Å². The lowest BCUT2D eigenvalue weighted by Crippen LogP contribution is -2.43. The van der Waals surface area contributed by atoms with Crippen molar-refractivity contribution < 1.29 is 4.74 Å². The summed E-state index contributed by atoms with van der Waals surface area (Å²) in [5.74, 6) is 0.940. The van der Waals surface area contributed by atoms with Gasteiger partial charge in [-0.15, -0.1) is 0 Å². The van der Waals surface area contributed by atoms with Gasteiger partial charge in [0.2, 0.25) is 0 Å². The molecule has 0 radical (unpaired) electrons. The Kier molecular flexibility index (Phi) is 5.86. The van der Waals surface area contributed by atoms with Crippen LogP contribution in [0.25, 0.3) is 0 Å². The molecule has 0 aromatic heterocycles. The Bertz CT molecular complexity index is 426. The summed E-state index contributed by atoms with van der Waals surface area (Å²) in [6.07, 6.45) is 1.36. The van der Waals surface area contributed by atoms with E-state index in [1.54, 1.807) is 0 Å². The van der Waals surface area contributed by atoms with Gasteiger partial charge in [0, 0.05) is 11.6 Å². The van der Waals surface area contributed by atoms with E-state index in [1.165, 1.54) is 5.56 Å². The summed E-state index contributed by atoms with van der Waals surface area (Å²) in [5, 5.41) is 3.75. The van der Waals surface area contributed by atoms with E-state index in [0.717, 1.165) is 12.2 Å². The summed E-state index contributed by atoms with van der Waals surface area (Å²) in [7, 11) is 0. The molecule has 1 rings (SSSR count). The molecule has 0 saturated heterocycles. The van der Waals surface area contributed by atoms with Crippen molar-refractivity contribution in [1.82, 2.24) is 5.32 Å². The zero-order valence-corrected chi connectivity index (χ0v) is 15.1. The first-order valence-electron chi connectivity index (χ1n) is 8.03. The SMILES string of the molecule is CC(C)Oc1ccc(C(C)NC(C)(C)CC(C)(C)C)cc1. The van der Waals surface area contributed by atoms with Crippen molar-refractivity contribution in [2.75, 3.05) is 0 Å². The number of nitrogens with one attached hydrogen (secondary N) is 1. The Morgan fingerprint density at radius 3 is 1.90 bits per heavy atom. The van der Waals surface area contributed by atoms with Crippen LogP contribution < -0.4 is 10.1 Å². The lowest BCUT2D eigenvalue weighted by molar-refractivity contribution is 0.226. The lowest BCUT2D eigenvalue weighted by atomic mass is 9.81. The van der Waals surface area contributed by atoms with Crippen LogP contribution in [0.15, 0.2) is 24.3 Å². The van der Waals surface area contributed by atoms with Gasteiger partial charge >= 0.3 is 0 Å². The molecule has 21 heavy (non-hydrogen) atoms. The van der Waals surface area contributed by atoms with Gasteiger partial charge in [-0.3, -0.25) is 0 Å². The maximum absolute atomic E-state index is 5.70. The first-order chi connectivity index (χ1) is 9.48. The molecule has 0 saturated carbocycles. The molecule has 1 unspecified atom stereocenters. The zero-order chi connectivity index (χ0) is 16.3. The lowest BCUT2D eigenvalue weighted by Gasteiger charge is -2.36. The van der Waals surface area contributed by atoms with Crippen molar-refractivity contribution in [3.05, 3.63) is 29.8 Å². The molecule has 1 atom stereocenters.